The smallest absolute Gasteiger partial charge is 0.0437 e. The number of fused-ring (bicyclic) bond motifs is 2. The molecule has 2 heterocycles. The van der Waals surface area contributed by atoms with Gasteiger partial charge in [-0.3, -0.25) is 0 Å². The van der Waals surface area contributed by atoms with Gasteiger partial charge in [0.15, 0.2) is 0 Å². The van der Waals surface area contributed by atoms with Crippen molar-refractivity contribution in [2.75, 3.05) is 0 Å². The van der Waals surface area contributed by atoms with E-state index in [2.05, 4.69) is 52.2 Å². The summed E-state index contributed by atoms with van der Waals surface area (Å²) in [7, 11) is 0. The van der Waals surface area contributed by atoms with Gasteiger partial charge in [-0.1, -0.05) is 12.1 Å². The van der Waals surface area contributed by atoms with Crippen molar-refractivity contribution in [3.8, 4) is 0 Å². The molecule has 0 aliphatic carbocycles. The number of halogens is 1. The van der Waals surface area contributed by atoms with Crippen LogP contribution >= 0.6 is 22.6 Å². The van der Waals surface area contributed by atoms with Crippen molar-refractivity contribution in [2.24, 2.45) is 0 Å². The monoisotopic (exact) mass is 313 g/mol. The minimum atomic E-state index is 0.327. The Labute approximate surface area is 105 Å². The van der Waals surface area contributed by atoms with E-state index in [1.165, 1.54) is 41.2 Å². The molecule has 15 heavy (non-hydrogen) atoms. The Morgan fingerprint density at radius 3 is 2.73 bits per heavy atom. The quantitative estimate of drug-likeness (QED) is 0.784. The topological polar surface area (TPSA) is 12.0 Å². The molecular weight excluding hydrogens is 297 g/mol. The van der Waals surface area contributed by atoms with Crippen molar-refractivity contribution in [3.63, 3.8) is 0 Å². The van der Waals surface area contributed by atoms with Crippen molar-refractivity contribution in [1.82, 2.24) is 5.32 Å². The number of piperidine rings is 1. The second-order valence-corrected chi connectivity index (χ2v) is 6.11. The van der Waals surface area contributed by atoms with E-state index in [0.717, 1.165) is 6.04 Å². The first-order valence-electron chi connectivity index (χ1n) is 5.82. The Kier molecular flexibility index (Phi) is 2.51. The van der Waals surface area contributed by atoms with Crippen LogP contribution < -0.4 is 5.32 Å². The van der Waals surface area contributed by atoms with Crippen molar-refractivity contribution in [2.45, 2.75) is 43.7 Å². The highest BCUT2D eigenvalue weighted by Crippen LogP contribution is 2.42. The van der Waals surface area contributed by atoms with Gasteiger partial charge < -0.3 is 5.32 Å². The lowest BCUT2D eigenvalue weighted by Crippen LogP contribution is -2.43. The van der Waals surface area contributed by atoms with Gasteiger partial charge in [-0.2, -0.15) is 0 Å². The molecule has 1 N–H and O–H groups in total. The zero-order chi connectivity index (χ0) is 10.3. The lowest BCUT2D eigenvalue weighted by atomic mass is 9.83. The Morgan fingerprint density at radius 2 is 1.93 bits per heavy atom. The van der Waals surface area contributed by atoms with Gasteiger partial charge in [-0.25, -0.2) is 0 Å². The third-order valence-electron chi connectivity index (χ3n) is 3.95. The van der Waals surface area contributed by atoms with Crippen LogP contribution in [0.2, 0.25) is 0 Å². The Morgan fingerprint density at radius 1 is 1.13 bits per heavy atom. The molecule has 1 nitrogen and oxygen atoms in total. The zero-order valence-corrected chi connectivity index (χ0v) is 11.0. The second kappa shape index (κ2) is 3.74. The van der Waals surface area contributed by atoms with Gasteiger partial charge in [-0.15, -0.1) is 0 Å². The molecule has 2 bridgehead atoms. The molecule has 2 saturated heterocycles. The molecule has 80 valence electrons. The predicted octanol–water partition coefficient (Wildman–Crippen LogP) is 3.42. The van der Waals surface area contributed by atoms with Gasteiger partial charge in [0, 0.05) is 15.2 Å². The molecule has 0 unspecified atom stereocenters. The average Bonchev–Trinajstić information content (AvgIpc) is 2.56. The molecule has 0 aromatic heterocycles. The molecule has 0 radical (unpaired) electrons. The van der Waals surface area contributed by atoms with E-state index < -0.39 is 0 Å². The lowest BCUT2D eigenvalue weighted by molar-refractivity contribution is 0.280. The number of benzene rings is 1. The highest BCUT2D eigenvalue weighted by molar-refractivity contribution is 14.1. The van der Waals surface area contributed by atoms with Crippen LogP contribution in [-0.4, -0.2) is 6.04 Å². The van der Waals surface area contributed by atoms with Gasteiger partial charge >= 0.3 is 0 Å². The van der Waals surface area contributed by atoms with Crippen LogP contribution in [0, 0.1) is 3.57 Å². The normalized spacial score (nSPS) is 34.3. The summed E-state index contributed by atoms with van der Waals surface area (Å²) in [6.07, 6.45) is 6.80. The summed E-state index contributed by atoms with van der Waals surface area (Å²) in [4.78, 5) is 0. The van der Waals surface area contributed by atoms with E-state index in [9.17, 15) is 0 Å². The minimum Gasteiger partial charge on any atom is -0.305 e. The summed E-state index contributed by atoms with van der Waals surface area (Å²) in [6, 6.07) is 9.87. The van der Waals surface area contributed by atoms with Crippen molar-refractivity contribution >= 4 is 22.6 Å². The fourth-order valence-electron chi connectivity index (χ4n) is 3.16. The van der Waals surface area contributed by atoms with Crippen LogP contribution in [0.15, 0.2) is 24.3 Å². The first-order valence-corrected chi connectivity index (χ1v) is 6.90. The Balaban J connectivity index is 1.95. The summed E-state index contributed by atoms with van der Waals surface area (Å²) >= 11 is 2.37. The molecule has 0 spiro atoms. The molecular formula is C13H16IN. The summed E-state index contributed by atoms with van der Waals surface area (Å²) in [5.74, 6) is 0. The second-order valence-electron chi connectivity index (χ2n) is 4.86. The van der Waals surface area contributed by atoms with Gasteiger partial charge in [-0.05, 0) is 72.4 Å². The predicted molar refractivity (Wildman–Crippen MR) is 70.8 cm³/mol. The first-order chi connectivity index (χ1) is 7.28. The number of hydrogen-bond acceptors (Lipinski definition) is 1. The number of hydrogen-bond donors (Lipinski definition) is 1. The highest BCUT2D eigenvalue weighted by Gasteiger charge is 2.42. The van der Waals surface area contributed by atoms with Gasteiger partial charge in [0.1, 0.15) is 0 Å². The minimum absolute atomic E-state index is 0.327. The van der Waals surface area contributed by atoms with Crippen LogP contribution in [0.5, 0.6) is 0 Å². The van der Waals surface area contributed by atoms with Crippen LogP contribution in [0.4, 0.5) is 0 Å². The fraction of sp³-hybridized carbons (Fsp3) is 0.538. The van der Waals surface area contributed by atoms with E-state index in [1.807, 2.05) is 0 Å². The van der Waals surface area contributed by atoms with Gasteiger partial charge in [0.05, 0.1) is 0 Å². The average molecular weight is 313 g/mol. The molecule has 1 aromatic carbocycles. The van der Waals surface area contributed by atoms with Crippen molar-refractivity contribution in [3.05, 3.63) is 33.4 Å². The maximum absolute atomic E-state index is 3.84. The molecule has 1 aromatic rings. The zero-order valence-electron chi connectivity index (χ0n) is 8.80. The fourth-order valence-corrected chi connectivity index (χ4v) is 3.52. The Bertz CT molecular complexity index is 355. The standard InChI is InChI=1S/C13H16IN/c14-11-5-3-10(4-6-11)13-8-1-2-12(15-13)7-9-13/h3-6,12,15H,1-2,7-9H2/t12-,13+/m1/s1. The lowest BCUT2D eigenvalue weighted by Gasteiger charge is -2.35. The Hall–Kier alpha value is -0.0900. The molecule has 2 aliphatic rings. The molecule has 2 fully saturated rings. The molecule has 0 saturated carbocycles. The molecule has 0 amide bonds. The van der Waals surface area contributed by atoms with E-state index >= 15 is 0 Å². The highest BCUT2D eigenvalue weighted by atomic mass is 127. The summed E-state index contributed by atoms with van der Waals surface area (Å²) < 4.78 is 1.33. The molecule has 2 atom stereocenters. The molecule has 3 rings (SSSR count). The third kappa shape index (κ3) is 1.72. The van der Waals surface area contributed by atoms with E-state index in [-0.39, 0.29) is 0 Å². The van der Waals surface area contributed by atoms with Crippen molar-refractivity contribution in [1.29, 1.82) is 0 Å². The first kappa shape index (κ1) is 10.1. The van der Waals surface area contributed by atoms with Crippen LogP contribution in [0.1, 0.15) is 37.7 Å². The maximum Gasteiger partial charge on any atom is 0.0437 e. The van der Waals surface area contributed by atoms with Crippen LogP contribution in [0.3, 0.4) is 0 Å². The van der Waals surface area contributed by atoms with E-state index in [1.54, 1.807) is 0 Å². The maximum atomic E-state index is 3.84. The summed E-state index contributed by atoms with van der Waals surface area (Å²) in [5, 5.41) is 3.84. The van der Waals surface area contributed by atoms with Crippen LogP contribution in [-0.2, 0) is 5.54 Å². The van der Waals surface area contributed by atoms with E-state index in [4.69, 9.17) is 0 Å². The number of rotatable bonds is 1. The summed E-state index contributed by atoms with van der Waals surface area (Å²) in [6.45, 7) is 0. The summed E-state index contributed by atoms with van der Waals surface area (Å²) in [5.41, 5.74) is 1.83. The SMILES string of the molecule is Ic1ccc([C@]23CCC[C@H](CC2)N3)cc1. The number of nitrogens with one attached hydrogen (secondary N) is 1. The van der Waals surface area contributed by atoms with Crippen LogP contribution in [0.25, 0.3) is 0 Å². The largest absolute Gasteiger partial charge is 0.305 e. The molecule has 2 heteroatoms. The van der Waals surface area contributed by atoms with Gasteiger partial charge in [0.25, 0.3) is 0 Å². The van der Waals surface area contributed by atoms with Gasteiger partial charge in [0.2, 0.25) is 0 Å². The van der Waals surface area contributed by atoms with Crippen molar-refractivity contribution < 1.29 is 0 Å². The third-order valence-corrected chi connectivity index (χ3v) is 4.67. The molecule has 2 aliphatic heterocycles. The van der Waals surface area contributed by atoms with E-state index in [0.29, 0.717) is 5.54 Å².